The Morgan fingerprint density at radius 1 is 1.36 bits per heavy atom. The van der Waals surface area contributed by atoms with E-state index in [2.05, 4.69) is 53.5 Å². The zero-order valence-corrected chi connectivity index (χ0v) is 20.2. The zero-order chi connectivity index (χ0) is 19.4. The number of rotatable bonds is 6. The number of hydrogen-bond donors (Lipinski definition) is 2. The lowest BCUT2D eigenvalue weighted by Gasteiger charge is -2.14. The zero-order valence-electron chi connectivity index (χ0n) is 17.1. The number of methoxy groups -OCH3 is 1. The predicted octanol–water partition coefficient (Wildman–Crippen LogP) is 3.62. The van der Waals surface area contributed by atoms with Crippen molar-refractivity contribution in [2.45, 2.75) is 46.3 Å². The number of ether oxygens (including phenoxy) is 2. The molecule has 28 heavy (non-hydrogen) atoms. The number of hydrogen-bond acceptors (Lipinski definition) is 5. The number of thiazole rings is 1. The summed E-state index contributed by atoms with van der Waals surface area (Å²) in [5, 5.41) is 7.85. The first-order chi connectivity index (χ1) is 13.0. The molecule has 6 nitrogen and oxygen atoms in total. The Morgan fingerprint density at radius 3 is 2.79 bits per heavy atom. The molecule has 0 amide bonds. The molecule has 2 N–H and O–H groups in total. The summed E-state index contributed by atoms with van der Waals surface area (Å²) < 4.78 is 11.4. The van der Waals surface area contributed by atoms with Gasteiger partial charge in [0.15, 0.2) is 5.96 Å². The van der Waals surface area contributed by atoms with Crippen LogP contribution in [0.15, 0.2) is 17.1 Å². The quantitative estimate of drug-likeness (QED) is 0.349. The van der Waals surface area contributed by atoms with Crippen molar-refractivity contribution < 1.29 is 9.47 Å². The molecule has 0 fully saturated rings. The predicted molar refractivity (Wildman–Crippen MR) is 126 cm³/mol. The van der Waals surface area contributed by atoms with Gasteiger partial charge in [-0.2, -0.15) is 0 Å². The van der Waals surface area contributed by atoms with Gasteiger partial charge in [-0.25, -0.2) is 4.98 Å². The van der Waals surface area contributed by atoms with Crippen molar-refractivity contribution >= 4 is 41.3 Å². The van der Waals surface area contributed by atoms with E-state index in [1.165, 1.54) is 10.4 Å². The molecule has 154 valence electrons. The largest absolute Gasteiger partial charge is 0.496 e. The Bertz CT molecular complexity index is 818. The van der Waals surface area contributed by atoms with Crippen LogP contribution in [0.25, 0.3) is 0 Å². The topological polar surface area (TPSA) is 67.8 Å². The van der Waals surface area contributed by atoms with Crippen molar-refractivity contribution in [3.63, 3.8) is 0 Å². The Labute approximate surface area is 188 Å². The van der Waals surface area contributed by atoms with Crippen LogP contribution < -0.4 is 20.1 Å². The minimum Gasteiger partial charge on any atom is -0.496 e. The molecule has 8 heteroatoms. The Balaban J connectivity index is 0.00000280. The van der Waals surface area contributed by atoms with Gasteiger partial charge in [0.2, 0.25) is 0 Å². The van der Waals surface area contributed by atoms with Crippen molar-refractivity contribution in [1.29, 1.82) is 0 Å². The van der Waals surface area contributed by atoms with Crippen LogP contribution in [-0.4, -0.2) is 37.7 Å². The van der Waals surface area contributed by atoms with Gasteiger partial charge >= 0.3 is 0 Å². The maximum atomic E-state index is 5.87. The second-order valence-electron chi connectivity index (χ2n) is 6.76. The number of aryl methyl sites for hydroxylation is 2. The van der Waals surface area contributed by atoms with Gasteiger partial charge in [0.05, 0.1) is 17.8 Å². The molecule has 1 atom stereocenters. The first-order valence-electron chi connectivity index (χ1n) is 9.24. The lowest BCUT2D eigenvalue weighted by Crippen LogP contribution is -2.37. The van der Waals surface area contributed by atoms with Crippen LogP contribution in [0.2, 0.25) is 0 Å². The number of aromatic nitrogens is 1. The Hall–Kier alpha value is -1.55. The maximum Gasteiger partial charge on any atom is 0.191 e. The summed E-state index contributed by atoms with van der Waals surface area (Å²) in [7, 11) is 3.48. The SMILES string of the molecule is CN=C(NCCc1nc(C)c(C)s1)NCc1cc2c(cc1OC)CC(C)O2.I. The number of guanidine groups is 1. The summed E-state index contributed by atoms with van der Waals surface area (Å²) in [5.74, 6) is 2.59. The van der Waals surface area contributed by atoms with Crippen LogP contribution in [0.3, 0.4) is 0 Å². The monoisotopic (exact) mass is 516 g/mol. The molecular formula is C20H29IN4O2S. The van der Waals surface area contributed by atoms with Gasteiger partial charge in [-0.15, -0.1) is 35.3 Å². The molecule has 0 radical (unpaired) electrons. The van der Waals surface area contributed by atoms with Crippen molar-refractivity contribution in [2.24, 2.45) is 4.99 Å². The van der Waals surface area contributed by atoms with Gasteiger partial charge in [0.1, 0.15) is 17.6 Å². The maximum absolute atomic E-state index is 5.87. The molecule has 3 rings (SSSR count). The highest BCUT2D eigenvalue weighted by molar-refractivity contribution is 14.0. The van der Waals surface area contributed by atoms with Gasteiger partial charge in [0.25, 0.3) is 0 Å². The fourth-order valence-corrected chi connectivity index (χ4v) is 4.08. The average Bonchev–Trinajstić information content (AvgIpc) is 3.17. The first kappa shape index (κ1) is 22.7. The van der Waals surface area contributed by atoms with E-state index in [-0.39, 0.29) is 30.1 Å². The number of benzene rings is 1. The highest BCUT2D eigenvalue weighted by Gasteiger charge is 2.21. The van der Waals surface area contributed by atoms with Crippen LogP contribution in [0.5, 0.6) is 11.5 Å². The Kier molecular flexibility index (Phi) is 8.36. The number of aliphatic imine (C=N–C) groups is 1. The summed E-state index contributed by atoms with van der Waals surface area (Å²) in [6.07, 6.45) is 2.03. The summed E-state index contributed by atoms with van der Waals surface area (Å²) in [6, 6.07) is 4.15. The van der Waals surface area contributed by atoms with E-state index in [1.54, 1.807) is 25.5 Å². The van der Waals surface area contributed by atoms with Crippen LogP contribution in [-0.2, 0) is 19.4 Å². The minimum atomic E-state index is 0. The molecule has 0 saturated heterocycles. The molecule has 1 aromatic heterocycles. The number of nitrogens with one attached hydrogen (secondary N) is 2. The third-order valence-electron chi connectivity index (χ3n) is 4.67. The van der Waals surface area contributed by atoms with E-state index in [0.29, 0.717) is 6.54 Å². The molecule has 0 aliphatic carbocycles. The summed E-state index contributed by atoms with van der Waals surface area (Å²) in [6.45, 7) is 7.65. The molecule has 0 bridgehead atoms. The standard InChI is InChI=1S/C20H28N4O2S.HI/c1-12-8-15-9-17(25-5)16(10-18(15)26-12)11-23-20(21-4)22-7-6-19-24-13(2)14(3)27-19;/h9-10,12H,6-8,11H2,1-5H3,(H2,21,22,23);1H. The number of halogens is 1. The van der Waals surface area contributed by atoms with Gasteiger partial charge in [0, 0.05) is 49.0 Å². The van der Waals surface area contributed by atoms with Crippen molar-refractivity contribution in [2.75, 3.05) is 20.7 Å². The number of fused-ring (bicyclic) bond motifs is 1. The highest BCUT2D eigenvalue weighted by Crippen LogP contribution is 2.34. The van der Waals surface area contributed by atoms with Gasteiger partial charge in [-0.1, -0.05) is 0 Å². The lowest BCUT2D eigenvalue weighted by molar-refractivity contribution is 0.254. The normalized spacial score (nSPS) is 15.5. The van der Waals surface area contributed by atoms with Crippen LogP contribution in [0.4, 0.5) is 0 Å². The summed E-state index contributed by atoms with van der Waals surface area (Å²) in [4.78, 5) is 10.2. The van der Waals surface area contributed by atoms with E-state index in [0.717, 1.165) is 53.1 Å². The van der Waals surface area contributed by atoms with E-state index in [1.807, 2.05) is 0 Å². The molecule has 2 heterocycles. The minimum absolute atomic E-state index is 0. The van der Waals surface area contributed by atoms with Crippen LogP contribution in [0, 0.1) is 13.8 Å². The summed E-state index contributed by atoms with van der Waals surface area (Å²) >= 11 is 1.76. The average molecular weight is 516 g/mol. The highest BCUT2D eigenvalue weighted by atomic mass is 127. The fourth-order valence-electron chi connectivity index (χ4n) is 3.14. The fraction of sp³-hybridized carbons (Fsp3) is 0.500. The third kappa shape index (κ3) is 5.50. The van der Waals surface area contributed by atoms with E-state index < -0.39 is 0 Å². The summed E-state index contributed by atoms with van der Waals surface area (Å²) in [5.41, 5.74) is 3.39. The molecule has 1 unspecified atom stereocenters. The van der Waals surface area contributed by atoms with Crippen LogP contribution in [0.1, 0.15) is 33.6 Å². The molecule has 1 aliphatic heterocycles. The van der Waals surface area contributed by atoms with E-state index in [4.69, 9.17) is 9.47 Å². The Morgan fingerprint density at radius 2 is 2.14 bits per heavy atom. The van der Waals surface area contributed by atoms with Gasteiger partial charge in [-0.05, 0) is 32.9 Å². The van der Waals surface area contributed by atoms with E-state index >= 15 is 0 Å². The van der Waals surface area contributed by atoms with Crippen LogP contribution >= 0.6 is 35.3 Å². The molecule has 1 aliphatic rings. The second-order valence-corrected chi connectivity index (χ2v) is 8.04. The van der Waals surface area contributed by atoms with Gasteiger partial charge in [-0.3, -0.25) is 4.99 Å². The van der Waals surface area contributed by atoms with Gasteiger partial charge < -0.3 is 20.1 Å². The van der Waals surface area contributed by atoms with E-state index in [9.17, 15) is 0 Å². The van der Waals surface area contributed by atoms with Crippen molar-refractivity contribution in [3.8, 4) is 11.5 Å². The molecule has 0 spiro atoms. The lowest BCUT2D eigenvalue weighted by atomic mass is 10.1. The van der Waals surface area contributed by atoms with Crippen molar-refractivity contribution in [3.05, 3.63) is 38.8 Å². The molecule has 2 aromatic rings. The smallest absolute Gasteiger partial charge is 0.191 e. The van der Waals surface area contributed by atoms with Crippen molar-refractivity contribution in [1.82, 2.24) is 15.6 Å². The molecular weight excluding hydrogens is 487 g/mol. The third-order valence-corrected chi connectivity index (χ3v) is 5.81. The second kappa shape index (κ2) is 10.3. The molecule has 0 saturated carbocycles. The number of nitrogens with zero attached hydrogens (tertiary/aromatic N) is 2. The first-order valence-corrected chi connectivity index (χ1v) is 10.1. The molecule has 1 aromatic carbocycles.